The molecule has 162 valence electrons. The van der Waals surface area contributed by atoms with Crippen molar-refractivity contribution in [3.63, 3.8) is 0 Å². The third-order valence-electron chi connectivity index (χ3n) is 4.27. The van der Waals surface area contributed by atoms with Crippen LogP contribution >= 0.6 is 0 Å². The summed E-state index contributed by atoms with van der Waals surface area (Å²) in [6.45, 7) is 4.05. The molecular weight excluding hydrogens is 416 g/mol. The Morgan fingerprint density at radius 2 is 1.48 bits per heavy atom. The Morgan fingerprint density at radius 1 is 0.871 bits per heavy atom. The van der Waals surface area contributed by atoms with Gasteiger partial charge in [-0.15, -0.1) is 0 Å². The molecule has 0 aliphatic heterocycles. The van der Waals surface area contributed by atoms with E-state index in [2.05, 4.69) is 10.0 Å². The third kappa shape index (κ3) is 6.23. The number of anilines is 2. The van der Waals surface area contributed by atoms with Crippen LogP contribution in [0.4, 0.5) is 11.4 Å². The highest BCUT2D eigenvalue weighted by atomic mass is 32.2. The van der Waals surface area contributed by atoms with E-state index in [-0.39, 0.29) is 10.8 Å². The summed E-state index contributed by atoms with van der Waals surface area (Å²) in [7, 11) is -3.77. The third-order valence-corrected chi connectivity index (χ3v) is 5.67. The van der Waals surface area contributed by atoms with Crippen molar-refractivity contribution in [3.8, 4) is 11.5 Å². The van der Waals surface area contributed by atoms with Crippen LogP contribution in [-0.4, -0.2) is 27.0 Å². The second-order valence-electron chi connectivity index (χ2n) is 6.65. The highest BCUT2D eigenvalue weighted by molar-refractivity contribution is 7.92. The average Bonchev–Trinajstić information content (AvgIpc) is 2.76. The van der Waals surface area contributed by atoms with Gasteiger partial charge >= 0.3 is 0 Å². The first-order chi connectivity index (χ1) is 14.9. The van der Waals surface area contributed by atoms with Gasteiger partial charge in [-0.05, 0) is 74.5 Å². The largest absolute Gasteiger partial charge is 0.494 e. The minimum Gasteiger partial charge on any atom is -0.494 e. The van der Waals surface area contributed by atoms with Crippen LogP contribution in [0.2, 0.25) is 0 Å². The van der Waals surface area contributed by atoms with Gasteiger partial charge in [0.2, 0.25) is 0 Å². The maximum atomic E-state index is 12.6. The Labute approximate surface area is 182 Å². The van der Waals surface area contributed by atoms with Crippen LogP contribution in [0.15, 0.2) is 83.8 Å². The summed E-state index contributed by atoms with van der Waals surface area (Å²) in [5.74, 6) is 0.912. The highest BCUT2D eigenvalue weighted by Crippen LogP contribution is 2.21. The fraction of sp³-hybridized carbons (Fsp3) is 0.174. The van der Waals surface area contributed by atoms with Crippen molar-refractivity contribution in [1.29, 1.82) is 0 Å². The van der Waals surface area contributed by atoms with Gasteiger partial charge in [0.15, 0.2) is 6.10 Å². The van der Waals surface area contributed by atoms with E-state index in [1.807, 2.05) is 25.1 Å². The molecular formula is C23H24N2O5S. The normalized spacial score (nSPS) is 11.9. The maximum Gasteiger partial charge on any atom is 0.265 e. The number of amides is 1. The van der Waals surface area contributed by atoms with Crippen LogP contribution in [-0.2, 0) is 14.8 Å². The molecule has 8 heteroatoms. The molecule has 0 bridgehead atoms. The number of hydrogen-bond donors (Lipinski definition) is 2. The molecule has 0 saturated carbocycles. The minimum absolute atomic E-state index is 0.0768. The molecule has 0 spiro atoms. The molecule has 1 amide bonds. The number of nitrogens with one attached hydrogen (secondary N) is 2. The molecule has 31 heavy (non-hydrogen) atoms. The molecule has 3 aromatic rings. The van der Waals surface area contributed by atoms with E-state index >= 15 is 0 Å². The van der Waals surface area contributed by atoms with Crippen molar-refractivity contribution in [2.75, 3.05) is 16.6 Å². The zero-order valence-electron chi connectivity index (χ0n) is 17.2. The van der Waals surface area contributed by atoms with E-state index < -0.39 is 16.1 Å². The monoisotopic (exact) mass is 440 g/mol. The molecule has 7 nitrogen and oxygen atoms in total. The molecule has 3 aromatic carbocycles. The lowest BCUT2D eigenvalue weighted by atomic mass is 10.3. The first kappa shape index (κ1) is 22.2. The average molecular weight is 441 g/mol. The summed E-state index contributed by atoms with van der Waals surface area (Å²) >= 11 is 0. The fourth-order valence-corrected chi connectivity index (χ4v) is 3.78. The molecule has 0 radical (unpaired) electrons. The van der Waals surface area contributed by atoms with Crippen molar-refractivity contribution < 1.29 is 22.7 Å². The summed E-state index contributed by atoms with van der Waals surface area (Å²) in [5, 5.41) is 2.72. The van der Waals surface area contributed by atoms with Gasteiger partial charge in [0.25, 0.3) is 15.9 Å². The van der Waals surface area contributed by atoms with E-state index in [1.165, 1.54) is 24.3 Å². The van der Waals surface area contributed by atoms with E-state index in [1.54, 1.807) is 43.3 Å². The number of carbonyl (C=O) groups excluding carboxylic acids is 1. The van der Waals surface area contributed by atoms with E-state index in [4.69, 9.17) is 9.47 Å². The first-order valence-corrected chi connectivity index (χ1v) is 11.2. The zero-order chi connectivity index (χ0) is 22.3. The molecule has 2 N–H and O–H groups in total. The predicted octanol–water partition coefficient (Wildman–Crippen LogP) is 4.29. The van der Waals surface area contributed by atoms with Gasteiger partial charge in [-0.1, -0.05) is 18.2 Å². The lowest BCUT2D eigenvalue weighted by Gasteiger charge is -2.15. The Kier molecular flexibility index (Phi) is 7.15. The molecule has 0 heterocycles. The van der Waals surface area contributed by atoms with Crippen molar-refractivity contribution in [2.45, 2.75) is 24.8 Å². The molecule has 0 saturated heterocycles. The SMILES string of the molecule is CCOc1ccc(NS(=O)(=O)c2ccc(NC(=O)C(C)Oc3ccccc3)cc2)cc1. The van der Waals surface area contributed by atoms with Crippen molar-refractivity contribution >= 4 is 27.3 Å². The zero-order valence-corrected chi connectivity index (χ0v) is 18.1. The van der Waals surface area contributed by atoms with Crippen LogP contribution in [0.1, 0.15) is 13.8 Å². The quantitative estimate of drug-likeness (QED) is 0.518. The smallest absolute Gasteiger partial charge is 0.265 e. The summed E-state index contributed by atoms with van der Waals surface area (Å²) in [4.78, 5) is 12.4. The summed E-state index contributed by atoms with van der Waals surface area (Å²) < 4.78 is 38.7. The van der Waals surface area contributed by atoms with Crippen molar-refractivity contribution in [3.05, 3.63) is 78.9 Å². The Bertz CT molecular complexity index is 1100. The van der Waals surface area contributed by atoms with Gasteiger partial charge < -0.3 is 14.8 Å². The number of hydrogen-bond acceptors (Lipinski definition) is 5. The van der Waals surface area contributed by atoms with E-state index in [0.29, 0.717) is 29.5 Å². The Hall–Kier alpha value is -3.52. The number of para-hydroxylation sites is 1. The molecule has 0 aromatic heterocycles. The van der Waals surface area contributed by atoms with Gasteiger partial charge in [0.1, 0.15) is 11.5 Å². The Morgan fingerprint density at radius 3 is 2.10 bits per heavy atom. The molecule has 1 atom stereocenters. The molecule has 0 aliphatic rings. The molecule has 0 aliphatic carbocycles. The Balaban J connectivity index is 1.61. The van der Waals surface area contributed by atoms with Gasteiger partial charge in [-0.25, -0.2) is 8.42 Å². The summed E-state index contributed by atoms with van der Waals surface area (Å²) in [6.07, 6.45) is -0.716. The lowest BCUT2D eigenvalue weighted by molar-refractivity contribution is -0.122. The van der Waals surface area contributed by atoms with Gasteiger partial charge in [-0.2, -0.15) is 0 Å². The highest BCUT2D eigenvalue weighted by Gasteiger charge is 2.17. The second-order valence-corrected chi connectivity index (χ2v) is 8.33. The molecule has 1 unspecified atom stereocenters. The van der Waals surface area contributed by atoms with Crippen LogP contribution in [0, 0.1) is 0 Å². The number of benzene rings is 3. The maximum absolute atomic E-state index is 12.6. The summed E-state index contributed by atoms with van der Waals surface area (Å²) in [6, 6.07) is 21.6. The van der Waals surface area contributed by atoms with Gasteiger partial charge in [0.05, 0.1) is 11.5 Å². The van der Waals surface area contributed by atoms with Gasteiger partial charge in [0, 0.05) is 11.4 Å². The van der Waals surface area contributed by atoms with Crippen LogP contribution in [0.25, 0.3) is 0 Å². The van der Waals surface area contributed by atoms with Gasteiger partial charge in [-0.3, -0.25) is 9.52 Å². The molecule has 3 rings (SSSR count). The van der Waals surface area contributed by atoms with Crippen molar-refractivity contribution in [2.24, 2.45) is 0 Å². The topological polar surface area (TPSA) is 93.7 Å². The lowest BCUT2D eigenvalue weighted by Crippen LogP contribution is -2.30. The minimum atomic E-state index is -3.77. The standard InChI is InChI=1S/C23H24N2O5S/c1-3-29-20-13-9-19(10-14-20)25-31(27,28)22-15-11-18(12-16-22)24-23(26)17(2)30-21-7-5-4-6-8-21/h4-17,25H,3H2,1-2H3,(H,24,26). The number of sulfonamides is 1. The van der Waals surface area contributed by atoms with Crippen LogP contribution < -0.4 is 19.5 Å². The summed E-state index contributed by atoms with van der Waals surface area (Å²) in [5.41, 5.74) is 0.890. The number of ether oxygens (including phenoxy) is 2. The van der Waals surface area contributed by atoms with E-state index in [9.17, 15) is 13.2 Å². The number of rotatable bonds is 9. The van der Waals surface area contributed by atoms with E-state index in [0.717, 1.165) is 0 Å². The molecule has 0 fully saturated rings. The predicted molar refractivity (Wildman–Crippen MR) is 120 cm³/mol. The number of carbonyl (C=O) groups is 1. The fourth-order valence-electron chi connectivity index (χ4n) is 2.72. The van der Waals surface area contributed by atoms with Crippen LogP contribution in [0.5, 0.6) is 11.5 Å². The first-order valence-electron chi connectivity index (χ1n) is 9.75. The second kappa shape index (κ2) is 9.99. The van der Waals surface area contributed by atoms with Crippen LogP contribution in [0.3, 0.4) is 0 Å². The van der Waals surface area contributed by atoms with Crippen molar-refractivity contribution in [1.82, 2.24) is 0 Å².